The van der Waals surface area contributed by atoms with E-state index in [1.165, 1.54) is 4.90 Å². The van der Waals surface area contributed by atoms with Crippen molar-refractivity contribution in [2.24, 2.45) is 11.7 Å². The molecule has 2 N–H and O–H groups in total. The maximum atomic E-state index is 13.6. The fourth-order valence-electron chi connectivity index (χ4n) is 2.19. The first-order valence-electron chi connectivity index (χ1n) is 6.11. The van der Waals surface area contributed by atoms with Gasteiger partial charge >= 0.3 is 6.18 Å². The Morgan fingerprint density at radius 2 is 2.00 bits per heavy atom. The molecule has 1 saturated heterocycles. The van der Waals surface area contributed by atoms with Gasteiger partial charge in [-0.25, -0.2) is 4.39 Å². The lowest BCUT2D eigenvalue weighted by Crippen LogP contribution is -2.32. The van der Waals surface area contributed by atoms with E-state index in [0.717, 1.165) is 0 Å². The van der Waals surface area contributed by atoms with Crippen molar-refractivity contribution in [3.8, 4) is 0 Å². The van der Waals surface area contributed by atoms with E-state index in [0.29, 0.717) is 24.7 Å². The highest BCUT2D eigenvalue weighted by Crippen LogP contribution is 2.31. The van der Waals surface area contributed by atoms with Gasteiger partial charge in [-0.15, -0.1) is 0 Å². The molecule has 0 radical (unpaired) electrons. The SMILES string of the molecule is CC1CN(C(=O)c2cc(C(F)(F)F)ccc2F)CC1N. The fourth-order valence-corrected chi connectivity index (χ4v) is 2.19. The molecule has 1 amide bonds. The van der Waals surface area contributed by atoms with Crippen LogP contribution in [0.3, 0.4) is 0 Å². The molecular weight excluding hydrogens is 276 g/mol. The Kier molecular flexibility index (Phi) is 3.73. The summed E-state index contributed by atoms with van der Waals surface area (Å²) in [5.41, 5.74) is 4.14. The van der Waals surface area contributed by atoms with Crippen LogP contribution in [-0.2, 0) is 6.18 Å². The second kappa shape index (κ2) is 5.05. The number of alkyl halides is 3. The molecule has 1 aromatic rings. The molecule has 7 heteroatoms. The van der Waals surface area contributed by atoms with Gasteiger partial charge in [-0.1, -0.05) is 6.92 Å². The van der Waals surface area contributed by atoms with Crippen molar-refractivity contribution < 1.29 is 22.4 Å². The first kappa shape index (κ1) is 14.8. The van der Waals surface area contributed by atoms with Crippen molar-refractivity contribution in [1.82, 2.24) is 4.90 Å². The summed E-state index contributed by atoms with van der Waals surface area (Å²) in [6.07, 6.45) is -4.61. The molecule has 2 atom stereocenters. The van der Waals surface area contributed by atoms with E-state index >= 15 is 0 Å². The van der Waals surface area contributed by atoms with Gasteiger partial charge in [0.05, 0.1) is 11.1 Å². The van der Waals surface area contributed by atoms with Crippen LogP contribution in [0, 0.1) is 11.7 Å². The molecule has 1 fully saturated rings. The van der Waals surface area contributed by atoms with Crippen molar-refractivity contribution in [2.75, 3.05) is 13.1 Å². The lowest BCUT2D eigenvalue weighted by molar-refractivity contribution is -0.137. The second-order valence-electron chi connectivity index (χ2n) is 5.04. The molecule has 1 aliphatic heterocycles. The van der Waals surface area contributed by atoms with E-state index in [2.05, 4.69) is 0 Å². The molecule has 0 bridgehead atoms. The Balaban J connectivity index is 2.30. The Morgan fingerprint density at radius 3 is 2.50 bits per heavy atom. The third-order valence-electron chi connectivity index (χ3n) is 3.48. The van der Waals surface area contributed by atoms with Crippen LogP contribution in [0.2, 0.25) is 0 Å². The predicted octanol–water partition coefficient (Wildman–Crippen LogP) is 2.26. The maximum Gasteiger partial charge on any atom is 0.416 e. The Morgan fingerprint density at radius 1 is 1.35 bits per heavy atom. The van der Waals surface area contributed by atoms with Gasteiger partial charge in [-0.05, 0) is 24.1 Å². The molecule has 0 aromatic heterocycles. The van der Waals surface area contributed by atoms with Gasteiger partial charge in [0.15, 0.2) is 0 Å². The molecule has 0 spiro atoms. The highest BCUT2D eigenvalue weighted by atomic mass is 19.4. The van der Waals surface area contributed by atoms with Crippen molar-refractivity contribution in [2.45, 2.75) is 19.1 Å². The van der Waals surface area contributed by atoms with E-state index in [4.69, 9.17) is 5.73 Å². The van der Waals surface area contributed by atoms with Gasteiger partial charge in [0.2, 0.25) is 0 Å². The molecule has 1 heterocycles. The van der Waals surface area contributed by atoms with Crippen molar-refractivity contribution >= 4 is 5.91 Å². The number of carbonyl (C=O) groups excluding carboxylic acids is 1. The Labute approximate surface area is 113 Å². The average Bonchev–Trinajstić information content (AvgIpc) is 2.68. The topological polar surface area (TPSA) is 46.3 Å². The van der Waals surface area contributed by atoms with Crippen molar-refractivity contribution in [3.05, 3.63) is 35.1 Å². The van der Waals surface area contributed by atoms with E-state index in [1.807, 2.05) is 6.92 Å². The smallest absolute Gasteiger partial charge is 0.337 e. The lowest BCUT2D eigenvalue weighted by atomic mass is 10.1. The summed E-state index contributed by atoms with van der Waals surface area (Å²) in [5.74, 6) is -1.68. The third-order valence-corrected chi connectivity index (χ3v) is 3.48. The minimum absolute atomic E-state index is 0.0350. The monoisotopic (exact) mass is 290 g/mol. The zero-order valence-corrected chi connectivity index (χ0v) is 10.7. The zero-order chi connectivity index (χ0) is 15.1. The number of rotatable bonds is 1. The number of likely N-dealkylation sites (tertiary alicyclic amines) is 1. The predicted molar refractivity (Wildman–Crippen MR) is 64.4 cm³/mol. The van der Waals surface area contributed by atoms with Crippen LogP contribution in [0.25, 0.3) is 0 Å². The molecular formula is C13H14F4N2O. The highest BCUT2D eigenvalue weighted by molar-refractivity contribution is 5.95. The van der Waals surface area contributed by atoms with Crippen LogP contribution >= 0.6 is 0 Å². The van der Waals surface area contributed by atoms with Gasteiger partial charge in [0.1, 0.15) is 5.82 Å². The summed E-state index contributed by atoms with van der Waals surface area (Å²) in [5, 5.41) is 0. The first-order chi connectivity index (χ1) is 9.20. The number of amides is 1. The number of halogens is 4. The van der Waals surface area contributed by atoms with Crippen LogP contribution < -0.4 is 5.73 Å². The van der Waals surface area contributed by atoms with Gasteiger partial charge in [-0.3, -0.25) is 4.79 Å². The van der Waals surface area contributed by atoms with E-state index in [1.54, 1.807) is 0 Å². The number of nitrogens with two attached hydrogens (primary N) is 1. The van der Waals surface area contributed by atoms with Crippen LogP contribution in [-0.4, -0.2) is 29.9 Å². The first-order valence-corrected chi connectivity index (χ1v) is 6.11. The normalized spacial score (nSPS) is 23.2. The average molecular weight is 290 g/mol. The number of benzene rings is 1. The third kappa shape index (κ3) is 2.77. The quantitative estimate of drug-likeness (QED) is 0.806. The summed E-state index contributed by atoms with van der Waals surface area (Å²) in [4.78, 5) is 13.4. The summed E-state index contributed by atoms with van der Waals surface area (Å²) < 4.78 is 51.4. The number of nitrogens with zero attached hydrogens (tertiary/aromatic N) is 1. The van der Waals surface area contributed by atoms with Gasteiger partial charge in [-0.2, -0.15) is 13.2 Å². The van der Waals surface area contributed by atoms with Crippen molar-refractivity contribution in [3.63, 3.8) is 0 Å². The summed E-state index contributed by atoms with van der Waals surface area (Å²) in [6, 6.07) is 1.58. The summed E-state index contributed by atoms with van der Waals surface area (Å²) >= 11 is 0. The maximum absolute atomic E-state index is 13.6. The van der Waals surface area contributed by atoms with Crippen LogP contribution in [0.4, 0.5) is 17.6 Å². The van der Waals surface area contributed by atoms with Crippen molar-refractivity contribution in [1.29, 1.82) is 0 Å². The molecule has 0 saturated carbocycles. The summed E-state index contributed by atoms with van der Waals surface area (Å²) in [6.45, 7) is 2.37. The molecule has 2 unspecified atom stereocenters. The highest BCUT2D eigenvalue weighted by Gasteiger charge is 2.35. The van der Waals surface area contributed by atoms with Crippen LogP contribution in [0.15, 0.2) is 18.2 Å². The largest absolute Gasteiger partial charge is 0.416 e. The molecule has 110 valence electrons. The van der Waals surface area contributed by atoms with Crippen LogP contribution in [0.1, 0.15) is 22.8 Å². The van der Waals surface area contributed by atoms with E-state index in [-0.39, 0.29) is 18.5 Å². The minimum atomic E-state index is -4.61. The molecule has 1 aliphatic rings. The van der Waals surface area contributed by atoms with Crippen LogP contribution in [0.5, 0.6) is 0 Å². The minimum Gasteiger partial charge on any atom is -0.337 e. The van der Waals surface area contributed by atoms with Gasteiger partial charge in [0.25, 0.3) is 5.91 Å². The fraction of sp³-hybridized carbons (Fsp3) is 0.462. The number of hydrogen-bond acceptors (Lipinski definition) is 2. The second-order valence-corrected chi connectivity index (χ2v) is 5.04. The number of hydrogen-bond donors (Lipinski definition) is 1. The van der Waals surface area contributed by atoms with E-state index < -0.39 is 29.0 Å². The molecule has 3 nitrogen and oxygen atoms in total. The summed E-state index contributed by atoms with van der Waals surface area (Å²) in [7, 11) is 0. The lowest BCUT2D eigenvalue weighted by Gasteiger charge is -2.17. The van der Waals surface area contributed by atoms with E-state index in [9.17, 15) is 22.4 Å². The molecule has 1 aromatic carbocycles. The number of carbonyl (C=O) groups is 1. The molecule has 20 heavy (non-hydrogen) atoms. The zero-order valence-electron chi connectivity index (χ0n) is 10.7. The van der Waals surface area contributed by atoms with Gasteiger partial charge < -0.3 is 10.6 Å². The Bertz CT molecular complexity index is 520. The molecule has 0 aliphatic carbocycles. The molecule has 2 rings (SSSR count). The standard InChI is InChI=1S/C13H14F4N2O/c1-7-5-19(6-11(7)18)12(20)9-4-8(13(15,16)17)2-3-10(9)14/h2-4,7,11H,5-6,18H2,1H3. The van der Waals surface area contributed by atoms with Gasteiger partial charge in [0, 0.05) is 19.1 Å². The Hall–Kier alpha value is -1.63.